The molecule has 0 aliphatic heterocycles. The Morgan fingerprint density at radius 3 is 2.22 bits per heavy atom. The van der Waals surface area contributed by atoms with E-state index in [4.69, 9.17) is 11.6 Å². The number of amides is 1. The molecule has 0 aliphatic rings. The Morgan fingerprint density at radius 2 is 1.70 bits per heavy atom. The summed E-state index contributed by atoms with van der Waals surface area (Å²) in [7, 11) is 1.72. The van der Waals surface area contributed by atoms with Crippen LogP contribution >= 0.6 is 35.6 Å². The molecule has 1 amide bonds. The van der Waals surface area contributed by atoms with Crippen molar-refractivity contribution in [3.05, 3.63) is 34.9 Å². The first-order valence-corrected chi connectivity index (χ1v) is 7.82. The molecule has 0 aromatic heterocycles. The van der Waals surface area contributed by atoms with Crippen molar-refractivity contribution in [1.82, 2.24) is 16.0 Å². The topological polar surface area (TPSA) is 65.5 Å². The Labute approximate surface area is 160 Å². The molecule has 23 heavy (non-hydrogen) atoms. The second kappa shape index (κ2) is 11.5. The second-order valence-electron chi connectivity index (χ2n) is 5.36. The smallest absolute Gasteiger partial charge is 0.222 e. The Kier molecular flexibility index (Phi) is 11.0. The van der Waals surface area contributed by atoms with Crippen molar-refractivity contribution in [3.8, 4) is 0 Å². The number of hydrogen-bond acceptors (Lipinski definition) is 2. The monoisotopic (exact) mass is 452 g/mol. The maximum absolute atomic E-state index is 11.5. The highest BCUT2D eigenvalue weighted by molar-refractivity contribution is 14.0. The summed E-state index contributed by atoms with van der Waals surface area (Å²) >= 11 is 5.89. The first kappa shape index (κ1) is 22.0. The van der Waals surface area contributed by atoms with Gasteiger partial charge in [0, 0.05) is 31.1 Å². The average Bonchev–Trinajstić information content (AvgIpc) is 2.50. The van der Waals surface area contributed by atoms with E-state index in [9.17, 15) is 4.79 Å². The molecule has 0 spiro atoms. The minimum atomic E-state index is 0. The molecule has 0 fully saturated rings. The van der Waals surface area contributed by atoms with Crippen LogP contribution in [0.2, 0.25) is 5.02 Å². The number of nitrogens with zero attached hydrogens (tertiary/aromatic N) is 1. The SMILES string of the molecule is CN=C(NCCNC(=O)C(C)C)NC(C)c1ccc(Cl)cc1.I. The second-order valence-corrected chi connectivity index (χ2v) is 5.80. The van der Waals surface area contributed by atoms with Crippen molar-refractivity contribution in [2.75, 3.05) is 20.1 Å². The van der Waals surface area contributed by atoms with E-state index in [2.05, 4.69) is 27.9 Å². The van der Waals surface area contributed by atoms with Gasteiger partial charge in [-0.15, -0.1) is 24.0 Å². The normalized spacial score (nSPS) is 12.3. The van der Waals surface area contributed by atoms with Crippen LogP contribution in [0.25, 0.3) is 0 Å². The molecule has 0 radical (unpaired) electrons. The highest BCUT2D eigenvalue weighted by atomic mass is 127. The highest BCUT2D eigenvalue weighted by Crippen LogP contribution is 2.15. The Morgan fingerprint density at radius 1 is 1.13 bits per heavy atom. The van der Waals surface area contributed by atoms with Crippen LogP contribution in [0.3, 0.4) is 0 Å². The summed E-state index contributed by atoms with van der Waals surface area (Å²) in [6, 6.07) is 7.81. The van der Waals surface area contributed by atoms with Gasteiger partial charge in [-0.3, -0.25) is 9.79 Å². The highest BCUT2D eigenvalue weighted by Gasteiger charge is 2.08. The van der Waals surface area contributed by atoms with Crippen molar-refractivity contribution >= 4 is 47.4 Å². The van der Waals surface area contributed by atoms with Crippen molar-refractivity contribution in [2.24, 2.45) is 10.9 Å². The summed E-state index contributed by atoms with van der Waals surface area (Å²) in [6.45, 7) is 6.98. The van der Waals surface area contributed by atoms with Crippen molar-refractivity contribution in [2.45, 2.75) is 26.8 Å². The molecule has 5 nitrogen and oxygen atoms in total. The minimum Gasteiger partial charge on any atom is -0.355 e. The van der Waals surface area contributed by atoms with Gasteiger partial charge in [0.2, 0.25) is 5.91 Å². The zero-order chi connectivity index (χ0) is 16.5. The maximum atomic E-state index is 11.5. The number of rotatable bonds is 6. The van der Waals surface area contributed by atoms with E-state index < -0.39 is 0 Å². The zero-order valence-electron chi connectivity index (χ0n) is 14.0. The fourth-order valence-corrected chi connectivity index (χ4v) is 1.93. The third-order valence-corrected chi connectivity index (χ3v) is 3.44. The molecule has 0 bridgehead atoms. The number of carbonyl (C=O) groups is 1. The first-order valence-electron chi connectivity index (χ1n) is 7.44. The third-order valence-electron chi connectivity index (χ3n) is 3.19. The molecule has 1 aromatic rings. The van der Waals surface area contributed by atoms with Gasteiger partial charge < -0.3 is 16.0 Å². The van der Waals surface area contributed by atoms with E-state index in [-0.39, 0.29) is 41.8 Å². The van der Waals surface area contributed by atoms with E-state index in [0.29, 0.717) is 19.0 Å². The van der Waals surface area contributed by atoms with Crippen molar-refractivity contribution in [3.63, 3.8) is 0 Å². The van der Waals surface area contributed by atoms with Crippen LogP contribution < -0.4 is 16.0 Å². The number of nitrogens with one attached hydrogen (secondary N) is 3. The predicted molar refractivity (Wildman–Crippen MR) is 108 cm³/mol. The van der Waals surface area contributed by atoms with E-state index in [1.54, 1.807) is 7.05 Å². The molecule has 1 rings (SSSR count). The van der Waals surface area contributed by atoms with Crippen LogP contribution in [0, 0.1) is 5.92 Å². The average molecular weight is 453 g/mol. The van der Waals surface area contributed by atoms with E-state index >= 15 is 0 Å². The summed E-state index contributed by atoms with van der Waals surface area (Å²) in [5.74, 6) is 0.753. The zero-order valence-corrected chi connectivity index (χ0v) is 17.1. The van der Waals surface area contributed by atoms with Crippen LogP contribution in [-0.4, -0.2) is 32.0 Å². The van der Waals surface area contributed by atoms with Gasteiger partial charge >= 0.3 is 0 Å². The van der Waals surface area contributed by atoms with Crippen LogP contribution in [0.5, 0.6) is 0 Å². The molecular weight excluding hydrogens is 427 g/mol. The van der Waals surface area contributed by atoms with E-state index in [1.807, 2.05) is 38.1 Å². The number of benzene rings is 1. The number of hydrogen-bond donors (Lipinski definition) is 3. The van der Waals surface area contributed by atoms with E-state index in [0.717, 1.165) is 10.6 Å². The number of halogens is 2. The Hall–Kier alpha value is -1.02. The van der Waals surface area contributed by atoms with Gasteiger partial charge in [0.1, 0.15) is 0 Å². The van der Waals surface area contributed by atoms with E-state index in [1.165, 1.54) is 0 Å². The lowest BCUT2D eigenvalue weighted by Crippen LogP contribution is -2.42. The Balaban J connectivity index is 0.00000484. The molecule has 7 heteroatoms. The lowest BCUT2D eigenvalue weighted by atomic mass is 10.1. The quantitative estimate of drug-likeness (QED) is 0.269. The third kappa shape index (κ3) is 8.41. The Bertz CT molecular complexity index is 505. The number of aliphatic imine (C=N–C) groups is 1. The fraction of sp³-hybridized carbons (Fsp3) is 0.500. The standard InChI is InChI=1S/C16H25ClN4O.HI/c1-11(2)15(22)19-9-10-20-16(18-4)21-12(3)13-5-7-14(17)8-6-13;/h5-8,11-12H,9-10H2,1-4H3,(H,19,22)(H2,18,20,21);1H. The maximum Gasteiger partial charge on any atom is 0.222 e. The molecule has 1 atom stereocenters. The largest absolute Gasteiger partial charge is 0.355 e. The van der Waals surface area contributed by atoms with Gasteiger partial charge in [0.25, 0.3) is 0 Å². The lowest BCUT2D eigenvalue weighted by Gasteiger charge is -2.18. The van der Waals surface area contributed by atoms with Crippen molar-refractivity contribution in [1.29, 1.82) is 0 Å². The summed E-state index contributed by atoms with van der Waals surface area (Å²) in [5, 5.41) is 10.0. The predicted octanol–water partition coefficient (Wildman–Crippen LogP) is 2.96. The van der Waals surface area contributed by atoms with Gasteiger partial charge in [-0.05, 0) is 24.6 Å². The molecule has 0 aliphatic carbocycles. The van der Waals surface area contributed by atoms with Gasteiger partial charge in [-0.2, -0.15) is 0 Å². The molecule has 1 aromatic carbocycles. The van der Waals surface area contributed by atoms with Crippen LogP contribution in [0.1, 0.15) is 32.4 Å². The van der Waals surface area contributed by atoms with Gasteiger partial charge in [-0.25, -0.2) is 0 Å². The lowest BCUT2D eigenvalue weighted by molar-refractivity contribution is -0.123. The molecule has 0 saturated heterocycles. The molecule has 1 unspecified atom stereocenters. The molecule has 0 saturated carbocycles. The first-order chi connectivity index (χ1) is 10.4. The van der Waals surface area contributed by atoms with Gasteiger partial charge in [-0.1, -0.05) is 37.6 Å². The summed E-state index contributed by atoms with van der Waals surface area (Å²) in [6.07, 6.45) is 0. The van der Waals surface area contributed by atoms with Crippen LogP contribution in [0.15, 0.2) is 29.3 Å². The molecule has 3 N–H and O–H groups in total. The molecule has 130 valence electrons. The molecule has 0 heterocycles. The number of carbonyl (C=O) groups excluding carboxylic acids is 1. The van der Waals surface area contributed by atoms with Gasteiger partial charge in [0.15, 0.2) is 5.96 Å². The van der Waals surface area contributed by atoms with Crippen LogP contribution in [0.4, 0.5) is 0 Å². The summed E-state index contributed by atoms with van der Waals surface area (Å²) in [5.41, 5.74) is 1.13. The number of guanidine groups is 1. The minimum absolute atomic E-state index is 0. The van der Waals surface area contributed by atoms with Crippen molar-refractivity contribution < 1.29 is 4.79 Å². The van der Waals surface area contributed by atoms with Crippen LogP contribution in [-0.2, 0) is 4.79 Å². The summed E-state index contributed by atoms with van der Waals surface area (Å²) in [4.78, 5) is 15.6. The summed E-state index contributed by atoms with van der Waals surface area (Å²) < 4.78 is 0. The molecular formula is C16H26ClIN4O. The fourth-order valence-electron chi connectivity index (χ4n) is 1.81. The van der Waals surface area contributed by atoms with Gasteiger partial charge in [0.05, 0.1) is 6.04 Å².